The molecular formula is C26H20F3N5O2. The topological polar surface area (TPSA) is 87.2 Å². The zero-order valence-corrected chi connectivity index (χ0v) is 18.9. The van der Waals surface area contributed by atoms with E-state index in [1.807, 2.05) is 0 Å². The molecule has 2 N–H and O–H groups in total. The third kappa shape index (κ3) is 4.70. The molecule has 1 aliphatic heterocycles. The van der Waals surface area contributed by atoms with Gasteiger partial charge in [-0.1, -0.05) is 0 Å². The Morgan fingerprint density at radius 3 is 2.36 bits per heavy atom. The maximum absolute atomic E-state index is 15.2. The molecule has 0 saturated carbocycles. The number of ketones is 1. The van der Waals surface area contributed by atoms with Gasteiger partial charge in [0, 0.05) is 24.3 Å². The van der Waals surface area contributed by atoms with E-state index < -0.39 is 40.5 Å². The summed E-state index contributed by atoms with van der Waals surface area (Å²) in [6.07, 6.45) is 3.78. The van der Waals surface area contributed by atoms with Crippen LogP contribution in [-0.4, -0.2) is 34.9 Å². The number of urea groups is 1. The van der Waals surface area contributed by atoms with Gasteiger partial charge in [0.2, 0.25) is 0 Å². The first-order chi connectivity index (χ1) is 17.4. The van der Waals surface area contributed by atoms with Gasteiger partial charge < -0.3 is 15.5 Å². The maximum Gasteiger partial charge on any atom is 0.323 e. The van der Waals surface area contributed by atoms with E-state index >= 15 is 4.39 Å². The standard InChI is InChI=1S/C26H20F3N5O2/c27-16-4-6-17(7-5-16)31-26(36)33-20-10-8-18(28)23(24(20)29)25(35)15-3-9-19-21(13-15)32-22(14-30-19)34-11-1-2-12-34/h3-10,13-14H,1-2,11-12H2,(H2,31,33,36). The van der Waals surface area contributed by atoms with Crippen molar-refractivity contribution in [3.05, 3.63) is 89.4 Å². The van der Waals surface area contributed by atoms with Crippen LogP contribution in [0.4, 0.5) is 35.2 Å². The number of hydrogen-bond donors (Lipinski definition) is 2. The first-order valence-electron chi connectivity index (χ1n) is 11.3. The Kier molecular flexibility index (Phi) is 6.24. The van der Waals surface area contributed by atoms with Crippen LogP contribution in [0.2, 0.25) is 0 Å². The highest BCUT2D eigenvalue weighted by atomic mass is 19.1. The van der Waals surface area contributed by atoms with Crippen molar-refractivity contribution in [2.75, 3.05) is 28.6 Å². The highest BCUT2D eigenvalue weighted by Crippen LogP contribution is 2.26. The van der Waals surface area contributed by atoms with Crippen molar-refractivity contribution in [2.24, 2.45) is 0 Å². The van der Waals surface area contributed by atoms with Crippen molar-refractivity contribution < 1.29 is 22.8 Å². The summed E-state index contributed by atoms with van der Waals surface area (Å²) in [5.41, 5.74) is 0.0653. The summed E-state index contributed by atoms with van der Waals surface area (Å²) in [4.78, 5) is 36.4. The number of hydrogen-bond acceptors (Lipinski definition) is 5. The van der Waals surface area contributed by atoms with E-state index in [1.54, 1.807) is 12.3 Å². The third-order valence-corrected chi connectivity index (χ3v) is 5.89. The highest BCUT2D eigenvalue weighted by molar-refractivity contribution is 6.11. The van der Waals surface area contributed by atoms with E-state index in [-0.39, 0.29) is 11.3 Å². The lowest BCUT2D eigenvalue weighted by Crippen LogP contribution is -2.21. The van der Waals surface area contributed by atoms with Crippen LogP contribution in [-0.2, 0) is 0 Å². The van der Waals surface area contributed by atoms with Gasteiger partial charge >= 0.3 is 6.03 Å². The predicted molar refractivity (Wildman–Crippen MR) is 130 cm³/mol. The van der Waals surface area contributed by atoms with E-state index in [2.05, 4.69) is 25.5 Å². The van der Waals surface area contributed by atoms with Crippen LogP contribution < -0.4 is 15.5 Å². The molecule has 2 heterocycles. The molecule has 0 radical (unpaired) electrons. The minimum Gasteiger partial charge on any atom is -0.355 e. The number of aromatic nitrogens is 2. The SMILES string of the molecule is O=C(Nc1ccc(F)cc1)Nc1ccc(F)c(C(=O)c2ccc3ncc(N4CCCC4)nc3c2)c1F. The summed E-state index contributed by atoms with van der Waals surface area (Å²) < 4.78 is 42.9. The monoisotopic (exact) mass is 491 g/mol. The zero-order chi connectivity index (χ0) is 25.2. The van der Waals surface area contributed by atoms with Gasteiger partial charge in [-0.15, -0.1) is 0 Å². The van der Waals surface area contributed by atoms with Gasteiger partial charge in [-0.25, -0.2) is 22.9 Å². The van der Waals surface area contributed by atoms with Crippen molar-refractivity contribution in [3.63, 3.8) is 0 Å². The number of nitrogens with zero attached hydrogens (tertiary/aromatic N) is 3. The first kappa shape index (κ1) is 23.3. The van der Waals surface area contributed by atoms with Gasteiger partial charge in [0.05, 0.1) is 28.5 Å². The molecule has 0 aliphatic carbocycles. The molecule has 182 valence electrons. The summed E-state index contributed by atoms with van der Waals surface area (Å²) >= 11 is 0. The second-order valence-electron chi connectivity index (χ2n) is 8.32. The fourth-order valence-corrected chi connectivity index (χ4v) is 4.06. The van der Waals surface area contributed by atoms with Gasteiger partial charge in [0.25, 0.3) is 0 Å². The Morgan fingerprint density at radius 1 is 0.861 bits per heavy atom. The fourth-order valence-electron chi connectivity index (χ4n) is 4.06. The van der Waals surface area contributed by atoms with Crippen LogP contribution >= 0.6 is 0 Å². The molecule has 5 rings (SSSR count). The van der Waals surface area contributed by atoms with Crippen LogP contribution in [0.3, 0.4) is 0 Å². The Labute approximate surface area is 204 Å². The molecule has 1 fully saturated rings. The average molecular weight is 491 g/mol. The van der Waals surface area contributed by atoms with Crippen LogP contribution in [0.5, 0.6) is 0 Å². The van der Waals surface area contributed by atoms with Crippen molar-refractivity contribution in [1.82, 2.24) is 9.97 Å². The number of halogens is 3. The van der Waals surface area contributed by atoms with Gasteiger partial charge in [0.15, 0.2) is 11.6 Å². The largest absolute Gasteiger partial charge is 0.355 e. The molecule has 10 heteroatoms. The average Bonchev–Trinajstić information content (AvgIpc) is 3.42. The van der Waals surface area contributed by atoms with Crippen molar-refractivity contribution in [3.8, 4) is 0 Å². The predicted octanol–water partition coefficient (Wildman–Crippen LogP) is 5.52. The molecule has 0 bridgehead atoms. The van der Waals surface area contributed by atoms with E-state index in [0.717, 1.165) is 50.2 Å². The Morgan fingerprint density at radius 2 is 1.61 bits per heavy atom. The minimum atomic E-state index is -1.22. The van der Waals surface area contributed by atoms with Gasteiger partial charge in [-0.05, 0) is 67.4 Å². The van der Waals surface area contributed by atoms with Crippen molar-refractivity contribution in [1.29, 1.82) is 0 Å². The van der Waals surface area contributed by atoms with E-state index in [9.17, 15) is 18.4 Å². The lowest BCUT2D eigenvalue weighted by atomic mass is 10.0. The van der Waals surface area contributed by atoms with Crippen molar-refractivity contribution in [2.45, 2.75) is 12.8 Å². The minimum absolute atomic E-state index is 0.0288. The van der Waals surface area contributed by atoms with E-state index in [4.69, 9.17) is 0 Å². The zero-order valence-electron chi connectivity index (χ0n) is 18.9. The maximum atomic E-state index is 15.2. The summed E-state index contributed by atoms with van der Waals surface area (Å²) in [5.74, 6) is -2.99. The molecule has 7 nitrogen and oxygen atoms in total. The number of rotatable bonds is 5. The first-order valence-corrected chi connectivity index (χ1v) is 11.3. The van der Waals surface area contributed by atoms with E-state index in [1.165, 1.54) is 24.3 Å². The number of carbonyl (C=O) groups is 2. The normalized spacial score (nSPS) is 13.1. The number of carbonyl (C=O) groups excluding carboxylic acids is 2. The third-order valence-electron chi connectivity index (χ3n) is 5.89. The molecule has 1 aliphatic rings. The molecule has 0 unspecified atom stereocenters. The van der Waals surface area contributed by atoms with Crippen LogP contribution in [0.15, 0.2) is 60.8 Å². The highest BCUT2D eigenvalue weighted by Gasteiger charge is 2.23. The van der Waals surface area contributed by atoms with Crippen LogP contribution in [0, 0.1) is 17.5 Å². The molecular weight excluding hydrogens is 471 g/mol. The summed E-state index contributed by atoms with van der Waals surface area (Å²) in [6, 6.07) is 10.4. The molecule has 2 amide bonds. The van der Waals surface area contributed by atoms with Crippen LogP contribution in [0.25, 0.3) is 11.0 Å². The fraction of sp³-hybridized carbons (Fsp3) is 0.154. The van der Waals surface area contributed by atoms with E-state index in [0.29, 0.717) is 16.9 Å². The number of amides is 2. The molecule has 4 aromatic rings. The van der Waals surface area contributed by atoms with Crippen LogP contribution in [0.1, 0.15) is 28.8 Å². The molecule has 3 aromatic carbocycles. The Bertz CT molecular complexity index is 1470. The lowest BCUT2D eigenvalue weighted by Gasteiger charge is -2.16. The summed E-state index contributed by atoms with van der Waals surface area (Å²) in [5, 5.41) is 4.66. The van der Waals surface area contributed by atoms with Gasteiger partial charge in [-0.3, -0.25) is 9.78 Å². The second kappa shape index (κ2) is 9.65. The Hall–Kier alpha value is -4.47. The number of benzene rings is 3. The number of fused-ring (bicyclic) bond motifs is 1. The van der Waals surface area contributed by atoms with Gasteiger partial charge in [-0.2, -0.15) is 0 Å². The number of nitrogens with one attached hydrogen (secondary N) is 2. The quantitative estimate of drug-likeness (QED) is 0.359. The summed E-state index contributed by atoms with van der Waals surface area (Å²) in [6.45, 7) is 1.73. The van der Waals surface area contributed by atoms with Gasteiger partial charge in [0.1, 0.15) is 17.5 Å². The second-order valence-corrected chi connectivity index (χ2v) is 8.32. The number of anilines is 3. The smallest absolute Gasteiger partial charge is 0.323 e. The summed E-state index contributed by atoms with van der Waals surface area (Å²) in [7, 11) is 0. The lowest BCUT2D eigenvalue weighted by molar-refractivity contribution is 0.103. The molecule has 0 atom stereocenters. The molecule has 36 heavy (non-hydrogen) atoms. The molecule has 0 spiro atoms. The molecule has 1 aromatic heterocycles. The Balaban J connectivity index is 1.41. The van der Waals surface area contributed by atoms with Crippen molar-refractivity contribution >= 4 is 40.0 Å². The molecule has 1 saturated heterocycles.